The van der Waals surface area contributed by atoms with Crippen molar-refractivity contribution in [1.29, 1.82) is 0 Å². The lowest BCUT2D eigenvalue weighted by atomic mass is 10.1. The van der Waals surface area contributed by atoms with Crippen LogP contribution in [0.2, 0.25) is 0 Å². The average Bonchev–Trinajstić information content (AvgIpc) is 2.50. The first-order valence-corrected chi connectivity index (χ1v) is 5.60. The summed E-state index contributed by atoms with van der Waals surface area (Å²) < 4.78 is 6.09. The normalized spacial score (nSPS) is 15.2. The molecule has 1 aromatic carbocycles. The fourth-order valence-corrected chi connectivity index (χ4v) is 1.84. The quantitative estimate of drug-likeness (QED) is 0.587. The zero-order valence-electron chi connectivity index (χ0n) is 7.29. The first-order valence-electron chi connectivity index (χ1n) is 4.01. The number of benzene rings is 1. The van der Waals surface area contributed by atoms with Gasteiger partial charge in [-0.2, -0.15) is 0 Å². The van der Waals surface area contributed by atoms with E-state index < -0.39 is 11.9 Å². The number of esters is 2. The van der Waals surface area contributed by atoms with Crippen LogP contribution >= 0.6 is 31.9 Å². The molecule has 1 aromatic rings. The fourth-order valence-electron chi connectivity index (χ4n) is 1.22. The summed E-state index contributed by atoms with van der Waals surface area (Å²) >= 11 is 6.63. The van der Waals surface area contributed by atoms with E-state index in [9.17, 15) is 9.59 Å². The van der Waals surface area contributed by atoms with E-state index in [0.29, 0.717) is 5.56 Å². The van der Waals surface area contributed by atoms with Crippen LogP contribution in [0.5, 0.6) is 0 Å². The Bertz CT molecular complexity index is 491. The van der Waals surface area contributed by atoms with Gasteiger partial charge in [-0.1, -0.05) is 6.07 Å². The molecule has 3 nitrogen and oxygen atoms in total. The summed E-state index contributed by atoms with van der Waals surface area (Å²) in [5.74, 6) is -1.22. The topological polar surface area (TPSA) is 43.4 Å². The molecule has 0 unspecified atom stereocenters. The van der Waals surface area contributed by atoms with Gasteiger partial charge in [0.2, 0.25) is 0 Å². The van der Waals surface area contributed by atoms with Crippen molar-refractivity contribution in [1.82, 2.24) is 0 Å². The van der Waals surface area contributed by atoms with Crippen molar-refractivity contribution in [2.45, 2.75) is 0 Å². The van der Waals surface area contributed by atoms with Crippen molar-refractivity contribution >= 4 is 49.4 Å². The van der Waals surface area contributed by atoms with E-state index >= 15 is 0 Å². The van der Waals surface area contributed by atoms with Gasteiger partial charge < -0.3 is 4.74 Å². The first-order chi connectivity index (χ1) is 7.08. The first kappa shape index (κ1) is 10.6. The lowest BCUT2D eigenvalue weighted by Crippen LogP contribution is -2.01. The van der Waals surface area contributed by atoms with E-state index in [1.54, 1.807) is 18.2 Å². The molecular formula is C10H4Br2O3. The maximum Gasteiger partial charge on any atom is 0.346 e. The van der Waals surface area contributed by atoms with Gasteiger partial charge in [-0.15, -0.1) is 0 Å². The SMILES string of the molecule is O=C1C=C(c2ccc(Br)c(Br)c2)C(=O)O1. The summed E-state index contributed by atoms with van der Waals surface area (Å²) in [4.78, 5) is 22.1. The number of carbonyl (C=O) groups is 2. The Morgan fingerprint density at radius 1 is 1.07 bits per heavy atom. The van der Waals surface area contributed by atoms with Crippen molar-refractivity contribution < 1.29 is 14.3 Å². The van der Waals surface area contributed by atoms with E-state index in [2.05, 4.69) is 36.6 Å². The zero-order valence-corrected chi connectivity index (χ0v) is 10.5. The monoisotopic (exact) mass is 330 g/mol. The minimum absolute atomic E-state index is 0.285. The highest BCUT2D eigenvalue weighted by Gasteiger charge is 2.25. The van der Waals surface area contributed by atoms with Gasteiger partial charge in [0.1, 0.15) is 0 Å². The second-order valence-corrected chi connectivity index (χ2v) is 4.60. The molecule has 1 aliphatic rings. The molecule has 0 aromatic heterocycles. The smallest absolute Gasteiger partial charge is 0.346 e. The summed E-state index contributed by atoms with van der Waals surface area (Å²) in [6, 6.07) is 5.27. The van der Waals surface area contributed by atoms with Crippen molar-refractivity contribution in [3.8, 4) is 0 Å². The Balaban J connectivity index is 2.47. The predicted octanol–water partition coefficient (Wildman–Crippen LogP) is 2.68. The minimum Gasteiger partial charge on any atom is -0.386 e. The Morgan fingerprint density at radius 3 is 2.33 bits per heavy atom. The van der Waals surface area contributed by atoms with E-state index in [4.69, 9.17) is 0 Å². The molecule has 1 aliphatic heterocycles. The third-order valence-electron chi connectivity index (χ3n) is 1.91. The highest BCUT2D eigenvalue weighted by atomic mass is 79.9. The molecular weight excluding hydrogens is 328 g/mol. The molecule has 0 radical (unpaired) electrons. The number of hydrogen-bond acceptors (Lipinski definition) is 3. The molecule has 0 fully saturated rings. The molecule has 1 heterocycles. The Morgan fingerprint density at radius 2 is 1.80 bits per heavy atom. The molecule has 5 heteroatoms. The highest BCUT2D eigenvalue weighted by Crippen LogP contribution is 2.28. The van der Waals surface area contributed by atoms with Crippen molar-refractivity contribution in [2.24, 2.45) is 0 Å². The zero-order chi connectivity index (χ0) is 11.0. The molecule has 0 bridgehead atoms. The van der Waals surface area contributed by atoms with Crippen LogP contribution in [0.25, 0.3) is 5.57 Å². The van der Waals surface area contributed by atoms with Gasteiger partial charge in [0.15, 0.2) is 0 Å². The number of cyclic esters (lactones) is 2. The van der Waals surface area contributed by atoms with Gasteiger partial charge in [0.25, 0.3) is 0 Å². The van der Waals surface area contributed by atoms with Gasteiger partial charge in [0, 0.05) is 15.0 Å². The molecule has 0 amide bonds. The molecule has 2 rings (SSSR count). The van der Waals surface area contributed by atoms with Crippen molar-refractivity contribution in [3.63, 3.8) is 0 Å². The minimum atomic E-state index is -0.617. The summed E-state index contributed by atoms with van der Waals surface area (Å²) in [6.07, 6.45) is 1.19. The third-order valence-corrected chi connectivity index (χ3v) is 3.79. The lowest BCUT2D eigenvalue weighted by Gasteiger charge is -2.01. The van der Waals surface area contributed by atoms with Gasteiger partial charge >= 0.3 is 11.9 Å². The van der Waals surface area contributed by atoms with Crippen molar-refractivity contribution in [3.05, 3.63) is 38.8 Å². The largest absolute Gasteiger partial charge is 0.386 e. The van der Waals surface area contributed by atoms with Gasteiger partial charge in [-0.25, -0.2) is 9.59 Å². The highest BCUT2D eigenvalue weighted by molar-refractivity contribution is 9.13. The molecule has 76 valence electrons. The van der Waals surface area contributed by atoms with E-state index in [-0.39, 0.29) is 5.57 Å². The van der Waals surface area contributed by atoms with E-state index in [0.717, 1.165) is 8.95 Å². The maximum atomic E-state index is 11.2. The number of carbonyl (C=O) groups excluding carboxylic acids is 2. The molecule has 0 atom stereocenters. The number of ether oxygens (including phenoxy) is 1. The predicted molar refractivity (Wildman–Crippen MR) is 60.9 cm³/mol. The van der Waals surface area contributed by atoms with Crippen LogP contribution in [-0.4, -0.2) is 11.9 Å². The van der Waals surface area contributed by atoms with Crippen LogP contribution in [0.3, 0.4) is 0 Å². The van der Waals surface area contributed by atoms with Gasteiger partial charge in [-0.3, -0.25) is 0 Å². The molecule has 0 aliphatic carbocycles. The second kappa shape index (κ2) is 3.90. The lowest BCUT2D eigenvalue weighted by molar-refractivity contribution is -0.149. The van der Waals surface area contributed by atoms with E-state index in [1.807, 2.05) is 0 Å². The third kappa shape index (κ3) is 2.03. The average molecular weight is 332 g/mol. The molecule has 15 heavy (non-hydrogen) atoms. The van der Waals surface area contributed by atoms with Crippen LogP contribution in [0, 0.1) is 0 Å². The number of rotatable bonds is 1. The summed E-state index contributed by atoms with van der Waals surface area (Å²) in [5, 5.41) is 0. The summed E-state index contributed by atoms with van der Waals surface area (Å²) in [6.45, 7) is 0. The second-order valence-electron chi connectivity index (χ2n) is 2.90. The van der Waals surface area contributed by atoms with Crippen LogP contribution in [0.4, 0.5) is 0 Å². The molecule has 0 saturated carbocycles. The number of hydrogen-bond donors (Lipinski definition) is 0. The Hall–Kier alpha value is -0.940. The molecule has 0 saturated heterocycles. The number of halogens is 2. The van der Waals surface area contributed by atoms with Gasteiger partial charge in [-0.05, 0) is 49.6 Å². The van der Waals surface area contributed by atoms with Crippen LogP contribution in [0.1, 0.15) is 5.56 Å². The summed E-state index contributed by atoms with van der Waals surface area (Å²) in [7, 11) is 0. The van der Waals surface area contributed by atoms with Crippen molar-refractivity contribution in [2.75, 3.05) is 0 Å². The van der Waals surface area contributed by atoms with Gasteiger partial charge in [0.05, 0.1) is 5.57 Å². The molecule has 0 N–H and O–H groups in total. The molecule has 0 spiro atoms. The van der Waals surface area contributed by atoms with Crippen LogP contribution in [0.15, 0.2) is 33.2 Å². The summed E-state index contributed by atoms with van der Waals surface area (Å²) in [5.41, 5.74) is 0.939. The Kier molecular flexibility index (Phi) is 2.75. The van der Waals surface area contributed by atoms with E-state index in [1.165, 1.54) is 6.08 Å². The fraction of sp³-hybridized carbons (Fsp3) is 0. The van der Waals surface area contributed by atoms with Crippen LogP contribution in [-0.2, 0) is 14.3 Å². The maximum absolute atomic E-state index is 11.2. The standard InChI is InChI=1S/C10H4Br2O3/c11-7-2-1-5(3-8(7)12)6-4-9(13)15-10(6)14/h1-4H. The Labute approximate surface area is 102 Å². The van der Waals surface area contributed by atoms with Crippen LogP contribution < -0.4 is 0 Å².